The van der Waals surface area contributed by atoms with Gasteiger partial charge in [0.05, 0.1) is 0 Å². The summed E-state index contributed by atoms with van der Waals surface area (Å²) >= 11 is 0. The fraction of sp³-hybridized carbons (Fsp3) is 0.143. The van der Waals surface area contributed by atoms with Crippen molar-refractivity contribution in [3.63, 3.8) is 0 Å². The molecule has 3 heteroatoms. The van der Waals surface area contributed by atoms with Gasteiger partial charge in [0.25, 0.3) is 0 Å². The molecule has 0 unspecified atom stereocenters. The lowest BCUT2D eigenvalue weighted by Crippen LogP contribution is -1.88. The van der Waals surface area contributed by atoms with Gasteiger partial charge in [-0.15, -0.1) is 0 Å². The second kappa shape index (κ2) is 3.06. The van der Waals surface area contributed by atoms with E-state index in [9.17, 15) is 4.39 Å². The number of hydrogen-bond donors (Lipinski definition) is 1. The van der Waals surface area contributed by atoms with Gasteiger partial charge < -0.3 is 9.84 Å². The van der Waals surface area contributed by atoms with Crippen LogP contribution in [0.15, 0.2) is 24.3 Å². The third-order valence-electron chi connectivity index (χ3n) is 1.06. The molecule has 1 N–H and O–H groups in total. The summed E-state index contributed by atoms with van der Waals surface area (Å²) in [6.45, 7) is -0.842. The van der Waals surface area contributed by atoms with Gasteiger partial charge in [-0.3, -0.25) is 0 Å². The van der Waals surface area contributed by atoms with Crippen molar-refractivity contribution in [2.24, 2.45) is 0 Å². The maximum absolute atomic E-state index is 11.5. The van der Waals surface area contributed by atoms with Crippen LogP contribution in [0.5, 0.6) is 11.5 Å². The molecule has 1 aromatic carbocycles. The highest BCUT2D eigenvalue weighted by molar-refractivity contribution is 5.29. The van der Waals surface area contributed by atoms with Crippen molar-refractivity contribution in [3.8, 4) is 11.5 Å². The first-order valence-corrected chi connectivity index (χ1v) is 2.81. The van der Waals surface area contributed by atoms with Crippen LogP contribution in [0.4, 0.5) is 4.39 Å². The third-order valence-corrected chi connectivity index (χ3v) is 1.06. The number of phenols is 1. The first-order valence-electron chi connectivity index (χ1n) is 2.81. The highest BCUT2D eigenvalue weighted by atomic mass is 19.1. The molecule has 0 fully saturated rings. The standard InChI is InChI=1S/C7H7FO2/c8-5-10-7-3-1-6(9)2-4-7/h1-4,9H,5H2. The van der Waals surface area contributed by atoms with E-state index in [-0.39, 0.29) is 5.75 Å². The van der Waals surface area contributed by atoms with Crippen molar-refractivity contribution in [1.82, 2.24) is 0 Å². The smallest absolute Gasteiger partial charge is 0.228 e. The summed E-state index contributed by atoms with van der Waals surface area (Å²) in [6, 6.07) is 5.86. The molecule has 0 aliphatic carbocycles. The Morgan fingerprint density at radius 2 is 1.90 bits per heavy atom. The normalized spacial score (nSPS) is 9.30. The number of phenolic OH excluding ortho intramolecular Hbond substituents is 1. The zero-order valence-electron chi connectivity index (χ0n) is 5.25. The quantitative estimate of drug-likeness (QED) is 0.680. The molecule has 0 amide bonds. The Kier molecular flexibility index (Phi) is 2.10. The highest BCUT2D eigenvalue weighted by Gasteiger charge is 1.90. The molecule has 0 aliphatic rings. The van der Waals surface area contributed by atoms with Crippen LogP contribution in [0.2, 0.25) is 0 Å². The molecule has 0 saturated carbocycles. The summed E-state index contributed by atoms with van der Waals surface area (Å²) < 4.78 is 16.0. The van der Waals surface area contributed by atoms with Crippen molar-refractivity contribution < 1.29 is 14.2 Å². The predicted octanol–water partition coefficient (Wildman–Crippen LogP) is 1.70. The van der Waals surface area contributed by atoms with Gasteiger partial charge in [-0.05, 0) is 24.3 Å². The Bertz CT molecular complexity index is 195. The SMILES string of the molecule is Oc1ccc(OCF)cc1. The van der Waals surface area contributed by atoms with Crippen LogP contribution < -0.4 is 4.74 Å². The Hall–Kier alpha value is -1.25. The van der Waals surface area contributed by atoms with Crippen molar-refractivity contribution in [3.05, 3.63) is 24.3 Å². The van der Waals surface area contributed by atoms with E-state index in [1.54, 1.807) is 0 Å². The summed E-state index contributed by atoms with van der Waals surface area (Å²) in [7, 11) is 0. The van der Waals surface area contributed by atoms with Crippen molar-refractivity contribution in [2.75, 3.05) is 6.86 Å². The number of halogens is 1. The van der Waals surface area contributed by atoms with Crippen LogP contribution in [0.3, 0.4) is 0 Å². The van der Waals surface area contributed by atoms with E-state index < -0.39 is 6.86 Å². The molecule has 2 nitrogen and oxygen atoms in total. The molecule has 0 aliphatic heterocycles. The first-order chi connectivity index (χ1) is 4.83. The number of ether oxygens (including phenoxy) is 1. The summed E-state index contributed by atoms with van der Waals surface area (Å²) in [5.41, 5.74) is 0. The summed E-state index contributed by atoms with van der Waals surface area (Å²) in [5.74, 6) is 0.562. The Morgan fingerprint density at radius 1 is 1.30 bits per heavy atom. The second-order valence-electron chi connectivity index (χ2n) is 1.75. The van der Waals surface area contributed by atoms with Crippen LogP contribution >= 0.6 is 0 Å². The number of rotatable bonds is 2. The van der Waals surface area contributed by atoms with Gasteiger partial charge in [0.1, 0.15) is 11.5 Å². The van der Waals surface area contributed by atoms with Gasteiger partial charge in [-0.25, -0.2) is 4.39 Å². The summed E-state index contributed by atoms with van der Waals surface area (Å²) in [6.07, 6.45) is 0. The topological polar surface area (TPSA) is 29.5 Å². The monoisotopic (exact) mass is 142 g/mol. The zero-order chi connectivity index (χ0) is 7.40. The molecule has 0 aromatic heterocycles. The van der Waals surface area contributed by atoms with Crippen molar-refractivity contribution in [2.45, 2.75) is 0 Å². The molecule has 0 spiro atoms. The number of benzene rings is 1. The van der Waals surface area contributed by atoms with Gasteiger partial charge in [-0.2, -0.15) is 0 Å². The molecular formula is C7H7FO2. The van der Waals surface area contributed by atoms with Crippen LogP contribution in [-0.4, -0.2) is 12.0 Å². The van der Waals surface area contributed by atoms with Crippen LogP contribution in [0.1, 0.15) is 0 Å². The van der Waals surface area contributed by atoms with E-state index in [1.807, 2.05) is 0 Å². The van der Waals surface area contributed by atoms with Crippen LogP contribution in [0.25, 0.3) is 0 Å². The average molecular weight is 142 g/mol. The maximum atomic E-state index is 11.5. The highest BCUT2D eigenvalue weighted by Crippen LogP contribution is 2.15. The molecule has 10 heavy (non-hydrogen) atoms. The number of alkyl halides is 1. The van der Waals surface area contributed by atoms with Crippen LogP contribution in [0, 0.1) is 0 Å². The van der Waals surface area contributed by atoms with Gasteiger partial charge in [-0.1, -0.05) is 0 Å². The molecule has 0 radical (unpaired) electrons. The van der Waals surface area contributed by atoms with E-state index >= 15 is 0 Å². The van der Waals surface area contributed by atoms with Gasteiger partial charge in [0.2, 0.25) is 6.86 Å². The number of aromatic hydroxyl groups is 1. The molecule has 0 bridgehead atoms. The average Bonchev–Trinajstić information content (AvgIpc) is 1.95. The second-order valence-corrected chi connectivity index (χ2v) is 1.75. The van der Waals surface area contributed by atoms with Crippen molar-refractivity contribution >= 4 is 0 Å². The third kappa shape index (κ3) is 1.62. The summed E-state index contributed by atoms with van der Waals surface area (Å²) in [4.78, 5) is 0. The minimum atomic E-state index is -0.842. The first kappa shape index (κ1) is 6.86. The molecular weight excluding hydrogens is 135 g/mol. The van der Waals surface area contributed by atoms with Gasteiger partial charge >= 0.3 is 0 Å². The number of hydrogen-bond acceptors (Lipinski definition) is 2. The van der Waals surface area contributed by atoms with Gasteiger partial charge in [0.15, 0.2) is 0 Å². The maximum Gasteiger partial charge on any atom is 0.228 e. The molecule has 1 rings (SSSR count). The Labute approximate surface area is 57.9 Å². The molecule has 0 saturated heterocycles. The molecule has 54 valence electrons. The van der Waals surface area contributed by atoms with E-state index in [0.29, 0.717) is 5.75 Å². The molecule has 0 atom stereocenters. The summed E-state index contributed by atoms with van der Waals surface area (Å²) in [5, 5.41) is 8.78. The Morgan fingerprint density at radius 3 is 2.40 bits per heavy atom. The molecule has 1 aromatic rings. The fourth-order valence-electron chi connectivity index (χ4n) is 0.605. The van der Waals surface area contributed by atoms with E-state index in [1.165, 1.54) is 24.3 Å². The lowest BCUT2D eigenvalue weighted by Gasteiger charge is -1.98. The van der Waals surface area contributed by atoms with E-state index in [0.717, 1.165) is 0 Å². The van der Waals surface area contributed by atoms with Gasteiger partial charge in [0, 0.05) is 0 Å². The van der Waals surface area contributed by atoms with Crippen LogP contribution in [-0.2, 0) is 0 Å². The molecule has 0 heterocycles. The lowest BCUT2D eigenvalue weighted by atomic mass is 10.3. The van der Waals surface area contributed by atoms with E-state index in [2.05, 4.69) is 4.74 Å². The predicted molar refractivity (Wildman–Crippen MR) is 34.7 cm³/mol. The minimum Gasteiger partial charge on any atom is -0.508 e. The fourth-order valence-corrected chi connectivity index (χ4v) is 0.605. The zero-order valence-corrected chi connectivity index (χ0v) is 5.25. The Balaban J connectivity index is 2.69. The van der Waals surface area contributed by atoms with E-state index in [4.69, 9.17) is 5.11 Å². The minimum absolute atomic E-state index is 0.145. The largest absolute Gasteiger partial charge is 0.508 e. The van der Waals surface area contributed by atoms with Crippen molar-refractivity contribution in [1.29, 1.82) is 0 Å². The lowest BCUT2D eigenvalue weighted by molar-refractivity contribution is 0.191.